The van der Waals surface area contributed by atoms with Crippen LogP contribution in [0.4, 0.5) is 11.4 Å². The molecule has 160 valence electrons. The van der Waals surface area contributed by atoms with E-state index in [-0.39, 0.29) is 23.9 Å². The van der Waals surface area contributed by atoms with Gasteiger partial charge in [-0.1, -0.05) is 13.0 Å². The van der Waals surface area contributed by atoms with Crippen molar-refractivity contribution in [2.24, 2.45) is 5.92 Å². The lowest BCUT2D eigenvalue weighted by atomic mass is 9.90. The van der Waals surface area contributed by atoms with Crippen LogP contribution in [0.5, 0.6) is 11.5 Å². The Bertz CT molecular complexity index is 933. The molecule has 2 aliphatic rings. The van der Waals surface area contributed by atoms with Crippen LogP contribution in [0.2, 0.25) is 0 Å². The minimum Gasteiger partial charge on any atom is -0.497 e. The Kier molecular flexibility index (Phi) is 5.83. The first-order valence-corrected chi connectivity index (χ1v) is 10.4. The van der Waals surface area contributed by atoms with E-state index in [4.69, 9.17) is 9.47 Å². The Balaban J connectivity index is 1.50. The molecule has 0 aliphatic carbocycles. The molecule has 30 heavy (non-hydrogen) atoms. The summed E-state index contributed by atoms with van der Waals surface area (Å²) in [6.07, 6.45) is 2.25. The predicted octanol–water partition coefficient (Wildman–Crippen LogP) is 2.88. The van der Waals surface area contributed by atoms with Crippen molar-refractivity contribution >= 4 is 17.3 Å². The quantitative estimate of drug-likeness (QED) is 0.704. The van der Waals surface area contributed by atoms with Gasteiger partial charge >= 0.3 is 0 Å². The highest BCUT2D eigenvalue weighted by Gasteiger charge is 2.39. The third kappa shape index (κ3) is 3.82. The van der Waals surface area contributed by atoms with Gasteiger partial charge in [-0.05, 0) is 48.7 Å². The Labute approximate surface area is 177 Å². The van der Waals surface area contributed by atoms with Crippen LogP contribution in [0.3, 0.4) is 0 Å². The van der Waals surface area contributed by atoms with Gasteiger partial charge in [0.15, 0.2) is 0 Å². The van der Waals surface area contributed by atoms with Crippen molar-refractivity contribution in [3.8, 4) is 11.5 Å². The molecule has 4 rings (SSSR count). The Morgan fingerprint density at radius 2 is 1.97 bits per heavy atom. The molecule has 7 nitrogen and oxygen atoms in total. The maximum atomic E-state index is 13.0. The van der Waals surface area contributed by atoms with Crippen molar-refractivity contribution in [2.45, 2.75) is 31.8 Å². The maximum Gasteiger partial charge on any atom is 0.243 e. The lowest BCUT2D eigenvalue weighted by Crippen LogP contribution is -2.41. The van der Waals surface area contributed by atoms with Gasteiger partial charge in [0, 0.05) is 36.4 Å². The molecule has 3 unspecified atom stereocenters. The molecule has 0 spiro atoms. The molecule has 0 saturated carbocycles. The zero-order valence-corrected chi connectivity index (χ0v) is 18.0. The summed E-state index contributed by atoms with van der Waals surface area (Å²) in [6.45, 7) is 3.10. The van der Waals surface area contributed by atoms with E-state index in [9.17, 15) is 4.79 Å². The lowest BCUT2D eigenvalue weighted by molar-refractivity contribution is -0.118. The molecule has 3 atom stereocenters. The van der Waals surface area contributed by atoms with Crippen LogP contribution in [0.15, 0.2) is 36.4 Å². The molecular formula is C23H30N4O3. The third-order valence-electron chi connectivity index (χ3n) is 6.20. The fraction of sp³-hybridized carbons (Fsp3) is 0.435. The topological polar surface area (TPSA) is 74.9 Å². The average Bonchev–Trinajstić information content (AvgIpc) is 3.15. The highest BCUT2D eigenvalue weighted by Crippen LogP contribution is 2.37. The standard InChI is InChI=1S/C23H30N4O3/c1-14-21(18-13-17(29-3)9-10-20(18)30-4)25-26-22(14)23(28)24-16-8-7-15-6-5-11-27(2)19(15)12-16/h7-10,12-14,21-22,25-26H,5-6,11H2,1-4H3,(H,24,28). The molecule has 0 radical (unpaired) electrons. The zero-order chi connectivity index (χ0) is 21.3. The lowest BCUT2D eigenvalue weighted by Gasteiger charge is -2.28. The monoisotopic (exact) mass is 410 g/mol. The number of hydrogen-bond acceptors (Lipinski definition) is 6. The highest BCUT2D eigenvalue weighted by atomic mass is 16.5. The van der Waals surface area contributed by atoms with Crippen LogP contribution in [0.25, 0.3) is 0 Å². The van der Waals surface area contributed by atoms with Crippen LogP contribution in [0.1, 0.15) is 30.5 Å². The van der Waals surface area contributed by atoms with Crippen molar-refractivity contribution < 1.29 is 14.3 Å². The minimum atomic E-state index is -0.375. The van der Waals surface area contributed by atoms with Gasteiger partial charge in [-0.15, -0.1) is 0 Å². The van der Waals surface area contributed by atoms with Gasteiger partial charge < -0.3 is 19.7 Å². The van der Waals surface area contributed by atoms with Gasteiger partial charge in [0.1, 0.15) is 17.5 Å². The van der Waals surface area contributed by atoms with E-state index in [2.05, 4.69) is 47.2 Å². The number of carbonyl (C=O) groups excluding carboxylic acids is 1. The molecule has 2 aromatic carbocycles. The molecule has 7 heteroatoms. The molecule has 1 amide bonds. The molecule has 0 aromatic heterocycles. The summed E-state index contributed by atoms with van der Waals surface area (Å²) in [5.41, 5.74) is 10.7. The Morgan fingerprint density at radius 1 is 1.13 bits per heavy atom. The molecule has 2 heterocycles. The number of hydrazine groups is 1. The number of nitrogens with zero attached hydrogens (tertiary/aromatic N) is 1. The fourth-order valence-electron chi connectivity index (χ4n) is 4.44. The summed E-state index contributed by atoms with van der Waals surface area (Å²) >= 11 is 0. The van der Waals surface area contributed by atoms with Crippen molar-refractivity contribution in [2.75, 3.05) is 38.0 Å². The number of nitrogens with one attached hydrogen (secondary N) is 3. The van der Waals surface area contributed by atoms with Crippen molar-refractivity contribution in [1.82, 2.24) is 10.9 Å². The van der Waals surface area contributed by atoms with Crippen LogP contribution in [0, 0.1) is 5.92 Å². The molecule has 0 bridgehead atoms. The number of methoxy groups -OCH3 is 2. The second-order valence-electron chi connectivity index (χ2n) is 8.07. The molecule has 1 fully saturated rings. The number of carbonyl (C=O) groups is 1. The molecular weight excluding hydrogens is 380 g/mol. The normalized spacial score (nSPS) is 23.1. The largest absolute Gasteiger partial charge is 0.497 e. The Hall–Kier alpha value is -2.77. The van der Waals surface area contributed by atoms with Crippen molar-refractivity contribution in [1.29, 1.82) is 0 Å². The summed E-state index contributed by atoms with van der Waals surface area (Å²) in [6, 6.07) is 11.4. The first kappa shape index (κ1) is 20.5. The van der Waals surface area contributed by atoms with Crippen LogP contribution in [-0.4, -0.2) is 39.8 Å². The SMILES string of the molecule is COc1ccc(OC)c(C2NNC(C(=O)Nc3ccc4c(c3)N(C)CCC4)C2C)c1. The number of anilines is 2. The van der Waals surface area contributed by atoms with Gasteiger partial charge in [0.05, 0.1) is 20.3 Å². The molecule has 3 N–H and O–H groups in total. The number of amides is 1. The first-order chi connectivity index (χ1) is 14.5. The van der Waals surface area contributed by atoms with E-state index < -0.39 is 0 Å². The van der Waals surface area contributed by atoms with Crippen LogP contribution < -0.4 is 30.5 Å². The van der Waals surface area contributed by atoms with Gasteiger partial charge in [0.25, 0.3) is 0 Å². The van der Waals surface area contributed by atoms with E-state index in [0.29, 0.717) is 0 Å². The van der Waals surface area contributed by atoms with Crippen molar-refractivity contribution in [3.05, 3.63) is 47.5 Å². The van der Waals surface area contributed by atoms with E-state index in [0.717, 1.165) is 35.7 Å². The average molecular weight is 411 g/mol. The van der Waals surface area contributed by atoms with E-state index in [1.165, 1.54) is 17.7 Å². The van der Waals surface area contributed by atoms with Crippen molar-refractivity contribution in [3.63, 3.8) is 0 Å². The van der Waals surface area contributed by atoms with Crippen LogP contribution in [-0.2, 0) is 11.2 Å². The highest BCUT2D eigenvalue weighted by molar-refractivity contribution is 5.96. The number of fused-ring (bicyclic) bond motifs is 1. The number of hydrogen-bond donors (Lipinski definition) is 3. The molecule has 2 aromatic rings. The van der Waals surface area contributed by atoms with Gasteiger partial charge in [-0.2, -0.15) is 0 Å². The molecule has 2 aliphatic heterocycles. The summed E-state index contributed by atoms with van der Waals surface area (Å²) in [5, 5.41) is 3.08. The molecule has 1 saturated heterocycles. The summed E-state index contributed by atoms with van der Waals surface area (Å²) in [4.78, 5) is 15.3. The summed E-state index contributed by atoms with van der Waals surface area (Å²) < 4.78 is 10.9. The fourth-order valence-corrected chi connectivity index (χ4v) is 4.44. The van der Waals surface area contributed by atoms with Gasteiger partial charge in [0.2, 0.25) is 5.91 Å². The number of benzene rings is 2. The van der Waals surface area contributed by atoms with Gasteiger partial charge in [-0.3, -0.25) is 4.79 Å². The van der Waals surface area contributed by atoms with Gasteiger partial charge in [-0.25, -0.2) is 10.9 Å². The second kappa shape index (κ2) is 8.53. The summed E-state index contributed by atoms with van der Waals surface area (Å²) in [7, 11) is 5.39. The van der Waals surface area contributed by atoms with Crippen LogP contribution >= 0.6 is 0 Å². The minimum absolute atomic E-state index is 0.00584. The zero-order valence-electron chi connectivity index (χ0n) is 18.0. The number of aryl methyl sites for hydroxylation is 1. The van der Waals surface area contributed by atoms with E-state index in [1.54, 1.807) is 14.2 Å². The Morgan fingerprint density at radius 3 is 2.73 bits per heavy atom. The number of ether oxygens (including phenoxy) is 2. The number of rotatable bonds is 5. The predicted molar refractivity (Wildman–Crippen MR) is 118 cm³/mol. The third-order valence-corrected chi connectivity index (χ3v) is 6.20. The summed E-state index contributed by atoms with van der Waals surface area (Å²) in [5.74, 6) is 1.47. The van der Waals surface area contributed by atoms with E-state index in [1.807, 2.05) is 24.3 Å². The smallest absolute Gasteiger partial charge is 0.243 e. The maximum absolute atomic E-state index is 13.0. The second-order valence-corrected chi connectivity index (χ2v) is 8.07. The van der Waals surface area contributed by atoms with E-state index >= 15 is 0 Å². The first-order valence-electron chi connectivity index (χ1n) is 10.4.